The van der Waals surface area contributed by atoms with E-state index in [9.17, 15) is 4.79 Å². The number of esters is 1. The maximum atomic E-state index is 12.1. The van der Waals surface area contributed by atoms with Gasteiger partial charge in [0, 0.05) is 24.4 Å². The van der Waals surface area contributed by atoms with Crippen molar-refractivity contribution >= 4 is 5.97 Å². The molecule has 5 nitrogen and oxygen atoms in total. The van der Waals surface area contributed by atoms with Crippen LogP contribution in [0.5, 0.6) is 5.75 Å². The van der Waals surface area contributed by atoms with E-state index < -0.39 is 0 Å². The van der Waals surface area contributed by atoms with E-state index in [2.05, 4.69) is 29.0 Å². The second-order valence-corrected chi connectivity index (χ2v) is 10.4. The molecule has 0 saturated carbocycles. The molecule has 3 rings (SSSR count). The van der Waals surface area contributed by atoms with Crippen molar-refractivity contribution in [3.63, 3.8) is 0 Å². The van der Waals surface area contributed by atoms with Gasteiger partial charge in [-0.15, -0.1) is 0 Å². The van der Waals surface area contributed by atoms with Crippen molar-refractivity contribution in [1.29, 1.82) is 0 Å². The lowest BCUT2D eigenvalue weighted by Crippen LogP contribution is -2.14. The number of carbonyl (C=O) groups is 1. The summed E-state index contributed by atoms with van der Waals surface area (Å²) in [5.74, 6) is 1.54. The highest BCUT2D eigenvalue weighted by Gasteiger charge is 2.11. The van der Waals surface area contributed by atoms with Gasteiger partial charge in [-0.1, -0.05) is 88.6 Å². The quantitative estimate of drug-likeness (QED) is 0.114. The van der Waals surface area contributed by atoms with Crippen LogP contribution in [0.15, 0.2) is 67.0 Å². The Bertz CT molecular complexity index is 1050. The first-order valence-corrected chi connectivity index (χ1v) is 15.0. The summed E-state index contributed by atoms with van der Waals surface area (Å²) in [4.78, 5) is 21.3. The largest absolute Gasteiger partial charge is 0.494 e. The Hall–Kier alpha value is -3.21. The van der Waals surface area contributed by atoms with Crippen molar-refractivity contribution in [2.75, 3.05) is 6.61 Å². The van der Waals surface area contributed by atoms with E-state index in [1.54, 1.807) is 12.1 Å². The zero-order chi connectivity index (χ0) is 27.5. The number of hydrogen-bond acceptors (Lipinski definition) is 5. The molecule has 0 aliphatic rings. The molecule has 1 heterocycles. The molecule has 0 aliphatic carbocycles. The van der Waals surface area contributed by atoms with Crippen molar-refractivity contribution in [3.05, 3.63) is 78.4 Å². The third-order valence-electron chi connectivity index (χ3n) is 6.99. The molecule has 5 heteroatoms. The average Bonchev–Trinajstić information content (AvgIpc) is 2.97. The number of benzene rings is 2. The van der Waals surface area contributed by atoms with E-state index in [1.165, 1.54) is 44.9 Å². The standard InChI is InChI=1S/C34H46N2O3/c1-3-4-5-6-7-8-9-16-25-38-32-23-21-29(22-24-32)31-26-35-33(36-27-31)20-15-10-12-17-28(2)39-34(37)30-18-13-11-14-19-30/h11,13-14,18-19,21-24,26-28H,3-10,12,15-17,20,25H2,1-2H3. The summed E-state index contributed by atoms with van der Waals surface area (Å²) in [6.45, 7) is 5.00. The minimum atomic E-state index is -0.252. The number of nitrogens with zero attached hydrogens (tertiary/aromatic N) is 2. The van der Waals surface area contributed by atoms with Crippen LogP contribution in [0.2, 0.25) is 0 Å². The minimum Gasteiger partial charge on any atom is -0.494 e. The Morgan fingerprint density at radius 3 is 2.08 bits per heavy atom. The molecule has 0 saturated heterocycles. The Balaban J connectivity index is 1.27. The highest BCUT2D eigenvalue weighted by Crippen LogP contribution is 2.22. The van der Waals surface area contributed by atoms with Gasteiger partial charge in [0.15, 0.2) is 0 Å². The summed E-state index contributed by atoms with van der Waals surface area (Å²) < 4.78 is 11.5. The third-order valence-corrected chi connectivity index (χ3v) is 6.99. The van der Waals surface area contributed by atoms with Gasteiger partial charge < -0.3 is 9.47 Å². The smallest absolute Gasteiger partial charge is 0.338 e. The second kappa shape index (κ2) is 18.1. The topological polar surface area (TPSA) is 61.3 Å². The molecule has 1 aromatic heterocycles. The number of rotatable bonds is 19. The fourth-order valence-electron chi connectivity index (χ4n) is 4.58. The summed E-state index contributed by atoms with van der Waals surface area (Å²) >= 11 is 0. The fourth-order valence-corrected chi connectivity index (χ4v) is 4.58. The van der Waals surface area contributed by atoms with E-state index in [0.717, 1.165) is 67.8 Å². The lowest BCUT2D eigenvalue weighted by molar-refractivity contribution is 0.0319. The SMILES string of the molecule is CCCCCCCCCCOc1ccc(-c2cnc(CCCCCC(C)OC(=O)c3ccccc3)nc2)cc1. The van der Waals surface area contributed by atoms with Gasteiger partial charge in [-0.3, -0.25) is 0 Å². The zero-order valence-corrected chi connectivity index (χ0v) is 23.9. The van der Waals surface area contributed by atoms with E-state index in [0.29, 0.717) is 5.56 Å². The van der Waals surface area contributed by atoms with Crippen LogP contribution in [0.25, 0.3) is 11.1 Å². The summed E-state index contributed by atoms with van der Waals surface area (Å²) in [6.07, 6.45) is 19.0. The molecule has 39 heavy (non-hydrogen) atoms. The fraction of sp³-hybridized carbons (Fsp3) is 0.500. The molecule has 2 aromatic carbocycles. The maximum Gasteiger partial charge on any atom is 0.338 e. The first kappa shape index (κ1) is 30.3. The molecule has 0 N–H and O–H groups in total. The van der Waals surface area contributed by atoms with Crippen LogP contribution >= 0.6 is 0 Å². The molecular formula is C34H46N2O3. The molecule has 0 bridgehead atoms. The number of aryl methyl sites for hydroxylation is 1. The van der Waals surface area contributed by atoms with Gasteiger partial charge in [-0.25, -0.2) is 14.8 Å². The molecule has 0 fully saturated rings. The summed E-state index contributed by atoms with van der Waals surface area (Å²) in [6, 6.07) is 17.4. The Kier molecular flexibility index (Phi) is 14.1. The normalized spacial score (nSPS) is 11.7. The zero-order valence-electron chi connectivity index (χ0n) is 23.9. The van der Waals surface area contributed by atoms with Gasteiger partial charge in [-0.2, -0.15) is 0 Å². The van der Waals surface area contributed by atoms with Crippen LogP contribution in [0.3, 0.4) is 0 Å². The number of unbranched alkanes of at least 4 members (excludes halogenated alkanes) is 9. The van der Waals surface area contributed by atoms with Crippen LogP contribution in [0.1, 0.15) is 107 Å². The number of carbonyl (C=O) groups excluding carboxylic acids is 1. The van der Waals surface area contributed by atoms with Crippen molar-refractivity contribution in [2.45, 2.75) is 103 Å². The van der Waals surface area contributed by atoms with E-state index in [-0.39, 0.29) is 12.1 Å². The van der Waals surface area contributed by atoms with Gasteiger partial charge in [0.25, 0.3) is 0 Å². The van der Waals surface area contributed by atoms with Crippen LogP contribution in [0, 0.1) is 0 Å². The van der Waals surface area contributed by atoms with Crippen molar-refractivity contribution in [1.82, 2.24) is 9.97 Å². The highest BCUT2D eigenvalue weighted by atomic mass is 16.5. The van der Waals surface area contributed by atoms with E-state index >= 15 is 0 Å². The first-order valence-electron chi connectivity index (χ1n) is 15.0. The number of hydrogen-bond donors (Lipinski definition) is 0. The van der Waals surface area contributed by atoms with E-state index in [4.69, 9.17) is 9.47 Å². The highest BCUT2D eigenvalue weighted by molar-refractivity contribution is 5.89. The average molecular weight is 531 g/mol. The monoisotopic (exact) mass is 530 g/mol. The van der Waals surface area contributed by atoms with Crippen LogP contribution in [0.4, 0.5) is 0 Å². The number of aromatic nitrogens is 2. The molecule has 0 aliphatic heterocycles. The molecule has 1 atom stereocenters. The van der Waals surface area contributed by atoms with Crippen molar-refractivity contribution in [2.24, 2.45) is 0 Å². The van der Waals surface area contributed by atoms with Gasteiger partial charge in [0.1, 0.15) is 11.6 Å². The van der Waals surface area contributed by atoms with Crippen LogP contribution < -0.4 is 4.74 Å². The maximum absolute atomic E-state index is 12.1. The predicted octanol–water partition coefficient (Wildman–Crippen LogP) is 9.01. The number of ether oxygens (including phenoxy) is 2. The van der Waals surface area contributed by atoms with Crippen LogP contribution in [-0.4, -0.2) is 28.6 Å². The summed E-state index contributed by atoms with van der Waals surface area (Å²) in [5, 5.41) is 0. The van der Waals surface area contributed by atoms with Gasteiger partial charge in [-0.05, 0) is 62.4 Å². The van der Waals surface area contributed by atoms with Crippen molar-refractivity contribution < 1.29 is 14.3 Å². The predicted molar refractivity (Wildman–Crippen MR) is 159 cm³/mol. The molecule has 210 valence electrons. The minimum absolute atomic E-state index is 0.0878. The van der Waals surface area contributed by atoms with Crippen molar-refractivity contribution in [3.8, 4) is 16.9 Å². The van der Waals surface area contributed by atoms with E-state index in [1.807, 2.05) is 49.6 Å². The van der Waals surface area contributed by atoms with Crippen LogP contribution in [-0.2, 0) is 11.2 Å². The summed E-state index contributed by atoms with van der Waals surface area (Å²) in [5.41, 5.74) is 2.71. The first-order chi connectivity index (χ1) is 19.2. The van der Waals surface area contributed by atoms with Gasteiger partial charge >= 0.3 is 5.97 Å². The van der Waals surface area contributed by atoms with Gasteiger partial charge in [0.2, 0.25) is 0 Å². The molecule has 0 spiro atoms. The lowest BCUT2D eigenvalue weighted by atomic mass is 10.1. The Morgan fingerprint density at radius 1 is 0.744 bits per heavy atom. The molecule has 0 amide bonds. The Labute approximate surface area is 235 Å². The summed E-state index contributed by atoms with van der Waals surface area (Å²) in [7, 11) is 0. The van der Waals surface area contributed by atoms with Gasteiger partial charge in [0.05, 0.1) is 18.3 Å². The molecule has 3 aromatic rings. The molecule has 0 radical (unpaired) electrons. The Morgan fingerprint density at radius 2 is 1.38 bits per heavy atom. The third kappa shape index (κ3) is 12.0. The molecule has 1 unspecified atom stereocenters. The lowest BCUT2D eigenvalue weighted by Gasteiger charge is -2.13. The molecular weight excluding hydrogens is 484 g/mol. The second-order valence-electron chi connectivity index (χ2n) is 10.4.